The number of nitriles is 1. The number of halogens is 8. The second-order valence-corrected chi connectivity index (χ2v) is 8.86. The highest BCUT2D eigenvalue weighted by Gasteiger charge is 2.62. The lowest BCUT2D eigenvalue weighted by molar-refractivity contribution is -0.291. The van der Waals surface area contributed by atoms with Gasteiger partial charge in [-0.3, -0.25) is 4.79 Å². The Bertz CT molecular complexity index is 1440. The van der Waals surface area contributed by atoms with Crippen molar-refractivity contribution in [1.29, 1.82) is 5.26 Å². The van der Waals surface area contributed by atoms with Gasteiger partial charge in [0.2, 0.25) is 0 Å². The van der Waals surface area contributed by atoms with Crippen LogP contribution in [0.4, 0.5) is 30.7 Å². The number of hydrogen-bond donors (Lipinski definition) is 0. The van der Waals surface area contributed by atoms with Crippen molar-refractivity contribution >= 4 is 17.5 Å². The molecule has 1 aliphatic carbocycles. The molecule has 1 saturated carbocycles. The highest BCUT2D eigenvalue weighted by atomic mass is 35.5. The third-order valence-corrected chi connectivity index (χ3v) is 6.37. The lowest BCUT2D eigenvalue weighted by Gasteiger charge is -2.23. The van der Waals surface area contributed by atoms with Crippen molar-refractivity contribution in [2.45, 2.75) is 37.1 Å². The van der Waals surface area contributed by atoms with Gasteiger partial charge in [-0.05, 0) is 30.5 Å². The predicted octanol–water partition coefficient (Wildman–Crippen LogP) is 5.31. The second kappa shape index (κ2) is 9.19. The fourth-order valence-corrected chi connectivity index (χ4v) is 3.96. The number of nitrogens with zero attached hydrogens (tertiary/aromatic N) is 6. The smallest absolute Gasteiger partial charge is 0.428 e. The molecule has 4 rings (SSSR count). The predicted molar refractivity (Wildman–Crippen MR) is 117 cm³/mol. The van der Waals surface area contributed by atoms with Crippen LogP contribution in [0.15, 0.2) is 30.6 Å². The molecular formula is C22H16ClF7N6O2. The topological polar surface area (TPSA) is 89.0 Å². The van der Waals surface area contributed by atoms with Crippen molar-refractivity contribution in [3.05, 3.63) is 46.9 Å². The highest BCUT2D eigenvalue weighted by Crippen LogP contribution is 2.48. The first-order chi connectivity index (χ1) is 17.6. The van der Waals surface area contributed by atoms with Crippen LogP contribution in [0.3, 0.4) is 0 Å². The van der Waals surface area contributed by atoms with Crippen LogP contribution in [0.25, 0.3) is 16.9 Å². The van der Waals surface area contributed by atoms with E-state index >= 15 is 0 Å². The second-order valence-electron chi connectivity index (χ2n) is 8.45. The molecule has 0 aliphatic heterocycles. The van der Waals surface area contributed by atoms with Gasteiger partial charge in [-0.2, -0.15) is 46.2 Å². The number of benzene rings is 1. The van der Waals surface area contributed by atoms with Crippen LogP contribution in [0, 0.1) is 11.3 Å². The van der Waals surface area contributed by atoms with Gasteiger partial charge in [-0.15, -0.1) is 0 Å². The van der Waals surface area contributed by atoms with Gasteiger partial charge in [0, 0.05) is 25.9 Å². The zero-order chi connectivity index (χ0) is 28.2. The Morgan fingerprint density at radius 1 is 1.24 bits per heavy atom. The van der Waals surface area contributed by atoms with E-state index in [9.17, 15) is 40.8 Å². The summed E-state index contributed by atoms with van der Waals surface area (Å²) >= 11 is 6.20. The summed E-state index contributed by atoms with van der Waals surface area (Å²) in [6.07, 6.45) is -2.86. The van der Waals surface area contributed by atoms with E-state index < -0.39 is 47.4 Å². The molecule has 1 fully saturated rings. The molecule has 0 bridgehead atoms. The Labute approximate surface area is 214 Å². The molecule has 1 aromatic carbocycles. The Kier molecular flexibility index (Phi) is 6.59. The quantitative estimate of drug-likeness (QED) is 0.363. The van der Waals surface area contributed by atoms with Gasteiger partial charge in [-0.1, -0.05) is 17.7 Å². The first-order valence-corrected chi connectivity index (χ1v) is 11.0. The van der Waals surface area contributed by atoms with Crippen molar-refractivity contribution in [1.82, 2.24) is 24.5 Å². The summed E-state index contributed by atoms with van der Waals surface area (Å²) in [5, 5.41) is 16.4. The summed E-state index contributed by atoms with van der Waals surface area (Å²) in [5.74, 6) is -8.39. The Balaban J connectivity index is 1.75. The number of rotatable bonds is 7. The van der Waals surface area contributed by atoms with E-state index in [0.29, 0.717) is 23.1 Å². The Morgan fingerprint density at radius 3 is 2.45 bits per heavy atom. The summed E-state index contributed by atoms with van der Waals surface area (Å²) in [6, 6.07) is 6.32. The first-order valence-electron chi connectivity index (χ1n) is 10.6. The number of aromatic nitrogens is 4. The summed E-state index contributed by atoms with van der Waals surface area (Å²) in [4.78, 5) is 14.3. The molecule has 0 spiro atoms. The van der Waals surface area contributed by atoms with Crippen molar-refractivity contribution < 1.29 is 40.3 Å². The van der Waals surface area contributed by atoms with E-state index in [1.165, 1.54) is 30.1 Å². The zero-order valence-corrected chi connectivity index (χ0v) is 20.2. The van der Waals surface area contributed by atoms with Crippen molar-refractivity contribution in [2.24, 2.45) is 7.05 Å². The number of alkyl halides is 7. The van der Waals surface area contributed by atoms with Gasteiger partial charge in [-0.25, -0.2) is 9.36 Å². The van der Waals surface area contributed by atoms with Crippen LogP contribution < -0.4 is 4.74 Å². The third-order valence-electron chi connectivity index (χ3n) is 6.04. The number of amides is 1. The lowest BCUT2D eigenvalue weighted by Crippen LogP contribution is -2.38. The normalized spacial score (nSPS) is 14.9. The number of ether oxygens (including phenoxy) is 1. The van der Waals surface area contributed by atoms with Gasteiger partial charge in [0.1, 0.15) is 5.54 Å². The maximum atomic E-state index is 14.1. The molecule has 3 aromatic rings. The van der Waals surface area contributed by atoms with Crippen molar-refractivity contribution in [2.75, 3.05) is 7.05 Å². The van der Waals surface area contributed by atoms with Crippen LogP contribution in [0.5, 0.6) is 5.75 Å². The van der Waals surface area contributed by atoms with E-state index in [1.807, 2.05) is 0 Å². The van der Waals surface area contributed by atoms with Crippen LogP contribution in [0.1, 0.15) is 28.9 Å². The molecule has 2 heterocycles. The van der Waals surface area contributed by atoms with Crippen LogP contribution in [0.2, 0.25) is 5.02 Å². The van der Waals surface area contributed by atoms with Gasteiger partial charge in [0.05, 0.1) is 22.9 Å². The maximum absolute atomic E-state index is 14.1. The Morgan fingerprint density at radius 2 is 1.89 bits per heavy atom. The molecule has 202 valence electrons. The fourth-order valence-electron chi connectivity index (χ4n) is 3.76. The zero-order valence-electron chi connectivity index (χ0n) is 19.4. The molecule has 0 radical (unpaired) electrons. The maximum Gasteiger partial charge on any atom is 0.459 e. The van der Waals surface area contributed by atoms with Crippen molar-refractivity contribution in [3.63, 3.8) is 0 Å². The summed E-state index contributed by atoms with van der Waals surface area (Å²) in [7, 11) is 2.41. The van der Waals surface area contributed by atoms with Gasteiger partial charge in [0.25, 0.3) is 5.91 Å². The largest absolute Gasteiger partial charge is 0.459 e. The molecule has 38 heavy (non-hydrogen) atoms. The minimum atomic E-state index is -6.14. The monoisotopic (exact) mass is 564 g/mol. The molecule has 16 heteroatoms. The van der Waals surface area contributed by atoms with E-state index in [2.05, 4.69) is 21.0 Å². The van der Waals surface area contributed by atoms with E-state index in [-0.39, 0.29) is 16.1 Å². The summed E-state index contributed by atoms with van der Waals surface area (Å²) in [5.41, 5.74) is -2.42. The van der Waals surface area contributed by atoms with Gasteiger partial charge >= 0.3 is 18.7 Å². The Hall–Kier alpha value is -3.80. The molecule has 0 atom stereocenters. The van der Waals surface area contributed by atoms with Crippen LogP contribution in [-0.2, 0) is 13.0 Å². The van der Waals surface area contributed by atoms with Gasteiger partial charge < -0.3 is 9.64 Å². The minimum absolute atomic E-state index is 0.0373. The average molecular weight is 565 g/mol. The lowest BCUT2D eigenvalue weighted by atomic mass is 10.0. The molecular weight excluding hydrogens is 549 g/mol. The van der Waals surface area contributed by atoms with E-state index in [0.717, 1.165) is 24.1 Å². The molecule has 2 aromatic heterocycles. The molecule has 1 amide bonds. The van der Waals surface area contributed by atoms with Gasteiger partial charge in [0.15, 0.2) is 17.3 Å². The standard InChI is InChI=1S/C22H16ClF7N6O2/c1-34(20(10-31)5-6-20)18(37)13-7-11(3-4-14(13)23)12-8-32-36(9-12)17-15(38-19(24)25)16(33-35(17)2)21(26,27)22(28,29)30/h3-4,7-9,19H,5-6H2,1-2H3. The summed E-state index contributed by atoms with van der Waals surface area (Å²) < 4.78 is 98.3. The number of aryl methyl sites for hydroxylation is 1. The fraction of sp³-hybridized carbons (Fsp3) is 0.364. The minimum Gasteiger partial charge on any atom is -0.428 e. The van der Waals surface area contributed by atoms with Crippen molar-refractivity contribution in [3.8, 4) is 28.8 Å². The molecule has 0 unspecified atom stereocenters. The molecule has 1 aliphatic rings. The molecule has 0 saturated heterocycles. The number of hydrogen-bond acceptors (Lipinski definition) is 5. The first kappa shape index (κ1) is 27.2. The SMILES string of the molecule is CN(C(=O)c1cc(-c2cnn(-c3c(OC(F)F)c(C(F)(F)C(F)(F)F)nn3C)c2)ccc1Cl)C1(C#N)CC1. The van der Waals surface area contributed by atoms with E-state index in [1.54, 1.807) is 0 Å². The third kappa shape index (κ3) is 4.53. The summed E-state index contributed by atoms with van der Waals surface area (Å²) in [6.45, 7) is -3.75. The number of carbonyl (C=O) groups excluding carboxylic acids is 1. The number of carbonyl (C=O) groups is 1. The molecule has 8 nitrogen and oxygen atoms in total. The van der Waals surface area contributed by atoms with Crippen LogP contribution >= 0.6 is 11.6 Å². The van der Waals surface area contributed by atoms with E-state index in [4.69, 9.17) is 11.6 Å². The highest BCUT2D eigenvalue weighted by molar-refractivity contribution is 6.34. The van der Waals surface area contributed by atoms with Crippen LogP contribution in [-0.4, -0.2) is 55.7 Å². The average Bonchev–Trinajstić information content (AvgIpc) is 3.37. The molecule has 0 N–H and O–H groups in total.